The van der Waals surface area contributed by atoms with Crippen molar-refractivity contribution >= 4 is 29.8 Å². The summed E-state index contributed by atoms with van der Waals surface area (Å²) in [7, 11) is -2.96. The van der Waals surface area contributed by atoms with Crippen molar-refractivity contribution in [1.82, 2.24) is 0 Å². The first kappa shape index (κ1) is 29.4. The zero-order valence-corrected chi connectivity index (χ0v) is 27.0. The van der Waals surface area contributed by atoms with Crippen molar-refractivity contribution in [2.24, 2.45) is 29.1 Å². The first-order valence-corrected chi connectivity index (χ1v) is 18.2. The van der Waals surface area contributed by atoms with Crippen molar-refractivity contribution in [2.45, 2.75) is 84.7 Å². The van der Waals surface area contributed by atoms with Crippen LogP contribution in [-0.4, -0.2) is 26.5 Å². The van der Waals surface area contributed by atoms with Gasteiger partial charge in [-0.15, -0.1) is 0 Å². The Kier molecular flexibility index (Phi) is 8.23. The Morgan fingerprint density at radius 3 is 1.81 bits per heavy atom. The highest BCUT2D eigenvalue weighted by Gasteiger charge is 2.52. The summed E-state index contributed by atoms with van der Waals surface area (Å²) in [6, 6.07) is 30.4. The lowest BCUT2D eigenvalue weighted by Crippen LogP contribution is -2.72. The summed E-state index contributed by atoms with van der Waals surface area (Å²) in [5.74, 6) is 2.43. The molecule has 4 saturated carbocycles. The van der Waals surface area contributed by atoms with E-state index in [9.17, 15) is 4.79 Å². The Balaban J connectivity index is 1.45. The van der Waals surface area contributed by atoms with Crippen LogP contribution in [0.2, 0.25) is 0 Å². The van der Waals surface area contributed by atoms with Crippen molar-refractivity contribution in [3.8, 4) is 0 Å². The van der Waals surface area contributed by atoms with E-state index in [0.29, 0.717) is 18.4 Å². The highest BCUT2D eigenvalue weighted by molar-refractivity contribution is 7.07. The molecule has 4 bridgehead atoms. The molecule has 0 heterocycles. The number of rotatable bonds is 10. The molecule has 4 heteroatoms. The van der Waals surface area contributed by atoms with Crippen LogP contribution in [-0.2, 0) is 20.4 Å². The van der Waals surface area contributed by atoms with E-state index in [1.165, 1.54) is 59.6 Å². The van der Waals surface area contributed by atoms with Crippen molar-refractivity contribution in [3.63, 3.8) is 0 Å². The number of hydrogen-bond donors (Lipinski definition) is 0. The van der Waals surface area contributed by atoms with Gasteiger partial charge in [-0.25, -0.2) is 0 Å². The zero-order chi connectivity index (χ0) is 29.4. The van der Waals surface area contributed by atoms with Crippen LogP contribution < -0.4 is 15.6 Å². The molecule has 0 spiro atoms. The van der Waals surface area contributed by atoms with Crippen molar-refractivity contribution < 1.29 is 14.0 Å². The van der Waals surface area contributed by atoms with E-state index in [2.05, 4.69) is 106 Å². The predicted octanol–water partition coefficient (Wildman–Crippen LogP) is 6.80. The predicted molar refractivity (Wildman–Crippen MR) is 174 cm³/mol. The molecule has 0 aliphatic heterocycles. The maximum atomic E-state index is 13.8. The first-order chi connectivity index (χ1) is 20.2. The number of esters is 1. The minimum absolute atomic E-state index is 0.0218. The van der Waals surface area contributed by atoms with Gasteiger partial charge in [0.15, 0.2) is 0 Å². The highest BCUT2D eigenvalue weighted by atomic mass is 28.4. The molecule has 0 radical (unpaired) electrons. The molecule has 0 N–H and O–H groups in total. The van der Waals surface area contributed by atoms with Gasteiger partial charge < -0.3 is 9.16 Å². The number of hydrogen-bond acceptors (Lipinski definition) is 3. The maximum absolute atomic E-state index is 13.8. The van der Waals surface area contributed by atoms with Crippen molar-refractivity contribution in [3.05, 3.63) is 90.5 Å². The number of benzene rings is 3. The minimum atomic E-state index is -2.96. The van der Waals surface area contributed by atoms with Crippen LogP contribution in [0.1, 0.15) is 78.2 Å². The molecule has 0 amide bonds. The smallest absolute Gasteiger partial charge is 0.309 e. The van der Waals surface area contributed by atoms with Crippen LogP contribution in [0.15, 0.2) is 84.9 Å². The molecule has 3 aromatic rings. The minimum Gasteiger partial charge on any atom is -0.466 e. The molecular weight excluding hydrogens is 533 g/mol. The molecule has 0 saturated heterocycles. The fourth-order valence-corrected chi connectivity index (χ4v) is 13.8. The van der Waals surface area contributed by atoms with Crippen LogP contribution in [0.3, 0.4) is 0 Å². The van der Waals surface area contributed by atoms with Crippen LogP contribution in [0.25, 0.3) is 0 Å². The highest BCUT2D eigenvalue weighted by Crippen LogP contribution is 2.62. The second-order valence-corrected chi connectivity index (χ2v) is 17.8. The van der Waals surface area contributed by atoms with Gasteiger partial charge in [-0.3, -0.25) is 4.79 Å². The first-order valence-electron chi connectivity index (χ1n) is 16.3. The van der Waals surface area contributed by atoms with E-state index in [0.717, 1.165) is 24.2 Å². The van der Waals surface area contributed by atoms with Gasteiger partial charge in [-0.05, 0) is 123 Å². The van der Waals surface area contributed by atoms with E-state index in [1.807, 2.05) is 6.92 Å². The Morgan fingerprint density at radius 2 is 1.31 bits per heavy atom. The molecule has 4 aliphatic carbocycles. The number of carbonyl (C=O) groups excluding carboxylic acids is 1. The Bertz CT molecular complexity index is 1290. The average molecular weight is 581 g/mol. The number of carbonyl (C=O) groups is 1. The fourth-order valence-electron chi connectivity index (χ4n) is 9.32. The lowest BCUT2D eigenvalue weighted by atomic mass is 9.48. The summed E-state index contributed by atoms with van der Waals surface area (Å²) in [5, 5.41) is 3.71. The SMILES string of the molecule is CCOC(=O)C(Cc1ccccc1[Si](OC(C)(C)C)(c1ccccc1)c1ccccc1)CC12CC3CC(CC(C3)C1)C2. The average Bonchev–Trinajstić information content (AvgIpc) is 2.96. The van der Waals surface area contributed by atoms with Gasteiger partial charge in [-0.1, -0.05) is 84.9 Å². The third-order valence-electron chi connectivity index (χ3n) is 10.1. The summed E-state index contributed by atoms with van der Waals surface area (Å²) in [6.07, 6.45) is 9.80. The molecule has 3 aromatic carbocycles. The van der Waals surface area contributed by atoms with Crippen LogP contribution in [0.5, 0.6) is 0 Å². The van der Waals surface area contributed by atoms with Gasteiger partial charge in [0.2, 0.25) is 0 Å². The summed E-state index contributed by atoms with van der Waals surface area (Å²) in [6.45, 7) is 8.86. The Morgan fingerprint density at radius 1 is 0.810 bits per heavy atom. The maximum Gasteiger partial charge on any atom is 0.309 e. The van der Waals surface area contributed by atoms with Crippen LogP contribution in [0.4, 0.5) is 0 Å². The quantitative estimate of drug-likeness (QED) is 0.150. The molecule has 3 nitrogen and oxygen atoms in total. The van der Waals surface area contributed by atoms with E-state index >= 15 is 0 Å². The lowest BCUT2D eigenvalue weighted by molar-refractivity contribution is -0.151. The van der Waals surface area contributed by atoms with Gasteiger partial charge in [0.25, 0.3) is 8.32 Å². The van der Waals surface area contributed by atoms with Crippen molar-refractivity contribution in [2.75, 3.05) is 6.61 Å². The van der Waals surface area contributed by atoms with Crippen LogP contribution in [0, 0.1) is 29.1 Å². The fraction of sp³-hybridized carbons (Fsp3) is 0.500. The normalized spacial score (nSPS) is 25.8. The molecule has 222 valence electrons. The summed E-state index contributed by atoms with van der Waals surface area (Å²) in [4.78, 5) is 13.8. The molecule has 0 aromatic heterocycles. The second-order valence-electron chi connectivity index (χ2n) is 14.6. The van der Waals surface area contributed by atoms with Crippen LogP contribution >= 0.6 is 0 Å². The molecular formula is C38H48O3Si. The third kappa shape index (κ3) is 5.90. The molecule has 42 heavy (non-hydrogen) atoms. The third-order valence-corrected chi connectivity index (χ3v) is 14.6. The Labute approximate surface area is 254 Å². The van der Waals surface area contributed by atoms with Gasteiger partial charge in [-0.2, -0.15) is 0 Å². The van der Waals surface area contributed by atoms with Gasteiger partial charge in [0.1, 0.15) is 0 Å². The number of ether oxygens (including phenoxy) is 1. The topological polar surface area (TPSA) is 35.5 Å². The zero-order valence-electron chi connectivity index (χ0n) is 26.0. The molecule has 7 rings (SSSR count). The van der Waals surface area contributed by atoms with Crippen molar-refractivity contribution in [1.29, 1.82) is 0 Å². The molecule has 1 unspecified atom stereocenters. The summed E-state index contributed by atoms with van der Waals surface area (Å²) in [5.41, 5.74) is 1.16. The van der Waals surface area contributed by atoms with Gasteiger partial charge in [0.05, 0.1) is 12.5 Å². The molecule has 4 fully saturated rings. The van der Waals surface area contributed by atoms with E-state index in [-0.39, 0.29) is 17.5 Å². The summed E-state index contributed by atoms with van der Waals surface area (Å²) >= 11 is 0. The van der Waals surface area contributed by atoms with E-state index in [4.69, 9.17) is 9.16 Å². The van der Waals surface area contributed by atoms with Gasteiger partial charge in [0, 0.05) is 5.60 Å². The van der Waals surface area contributed by atoms with E-state index < -0.39 is 8.32 Å². The summed E-state index contributed by atoms with van der Waals surface area (Å²) < 4.78 is 13.2. The standard InChI is InChI=1S/C38H48O3Si/c1-5-40-36(39)32(27-38-24-28-20-29(25-38)22-30(21-28)26-38)23-31-14-12-13-19-35(31)42(41-37(2,3)4,33-15-8-6-9-16-33)34-17-10-7-11-18-34/h6-19,28-30,32H,5,20-27H2,1-4H3. The second kappa shape index (κ2) is 11.8. The largest absolute Gasteiger partial charge is 0.466 e. The lowest BCUT2D eigenvalue weighted by Gasteiger charge is -2.57. The van der Waals surface area contributed by atoms with Gasteiger partial charge >= 0.3 is 5.97 Å². The Hall–Kier alpha value is -2.69. The molecule has 1 atom stereocenters. The monoisotopic (exact) mass is 580 g/mol. The molecule has 4 aliphatic rings. The van der Waals surface area contributed by atoms with E-state index in [1.54, 1.807) is 0 Å².